The molecule has 0 saturated heterocycles. The molecule has 0 amide bonds. The molecule has 0 bridgehead atoms. The van der Waals surface area contributed by atoms with Gasteiger partial charge in [-0.1, -0.05) is 5.57 Å². The molecule has 0 unspecified atom stereocenters. The Morgan fingerprint density at radius 1 is 1.19 bits per heavy atom. The van der Waals surface area contributed by atoms with E-state index in [4.69, 9.17) is 0 Å². The first-order valence-electron chi connectivity index (χ1n) is 4.97. The van der Waals surface area contributed by atoms with Crippen LogP contribution in [0.4, 0.5) is 0 Å². The summed E-state index contributed by atoms with van der Waals surface area (Å²) in [5.41, 5.74) is 1.58. The minimum atomic E-state index is -0.351. The zero-order chi connectivity index (χ0) is 12.0. The second-order valence-corrected chi connectivity index (χ2v) is 4.08. The fraction of sp³-hybridized carbons (Fsp3) is 0.364. The van der Waals surface area contributed by atoms with E-state index in [0.29, 0.717) is 10.7 Å². The molecule has 1 aliphatic rings. The molecule has 0 fully saturated rings. The molecule has 16 heavy (non-hydrogen) atoms. The van der Waals surface area contributed by atoms with Gasteiger partial charge in [0.25, 0.3) is 5.56 Å². The summed E-state index contributed by atoms with van der Waals surface area (Å²) in [6.07, 6.45) is 1.73. The van der Waals surface area contributed by atoms with Crippen LogP contribution in [0.25, 0.3) is 6.08 Å². The minimum absolute atomic E-state index is 0.293. The van der Waals surface area contributed by atoms with Crippen LogP contribution < -0.4 is 22.0 Å². The van der Waals surface area contributed by atoms with Crippen molar-refractivity contribution in [3.05, 3.63) is 42.8 Å². The van der Waals surface area contributed by atoms with Gasteiger partial charge in [0.15, 0.2) is 0 Å². The van der Waals surface area contributed by atoms with Gasteiger partial charge in [0.1, 0.15) is 5.49 Å². The van der Waals surface area contributed by atoms with Crippen molar-refractivity contribution in [1.29, 1.82) is 0 Å². The highest BCUT2D eigenvalue weighted by molar-refractivity contribution is 5.49. The maximum atomic E-state index is 11.8. The Hall–Kier alpha value is -1.91. The van der Waals surface area contributed by atoms with Crippen LogP contribution >= 0.6 is 0 Å². The van der Waals surface area contributed by atoms with E-state index < -0.39 is 0 Å². The van der Waals surface area contributed by atoms with Gasteiger partial charge in [0, 0.05) is 14.1 Å². The molecule has 0 radical (unpaired) electrons. The second-order valence-electron chi connectivity index (χ2n) is 4.08. The third kappa shape index (κ3) is 1.28. The Bertz CT molecular complexity index is 728. The standard InChI is InChI=1S/C11H13N3O2/c1-6(2)8-5-7-9(12-8)13(3)11(16)14(4)10(7)15/h5H,1-4H3. The quantitative estimate of drug-likeness (QED) is 0.550. The van der Waals surface area contributed by atoms with Crippen molar-refractivity contribution in [2.24, 2.45) is 19.1 Å². The SMILES string of the molecule is CC(C)=C1C=c2c(=O)n(C)c(=O)n(C)c2=N1. The van der Waals surface area contributed by atoms with Crippen molar-refractivity contribution >= 4 is 6.08 Å². The Labute approximate surface area is 91.7 Å². The normalized spacial score (nSPS) is 13.1. The fourth-order valence-corrected chi connectivity index (χ4v) is 1.66. The molecule has 0 saturated carbocycles. The first-order chi connectivity index (χ1) is 7.43. The van der Waals surface area contributed by atoms with Crippen LogP contribution in [0.5, 0.6) is 0 Å². The maximum Gasteiger partial charge on any atom is 0.332 e. The van der Waals surface area contributed by atoms with Crippen LogP contribution in [0.2, 0.25) is 0 Å². The van der Waals surface area contributed by atoms with E-state index in [1.165, 1.54) is 11.6 Å². The summed E-state index contributed by atoms with van der Waals surface area (Å²) in [6.45, 7) is 3.84. The Kier molecular flexibility index (Phi) is 2.18. The molecule has 84 valence electrons. The van der Waals surface area contributed by atoms with Gasteiger partial charge in [-0.3, -0.25) is 13.9 Å². The summed E-state index contributed by atoms with van der Waals surface area (Å²) >= 11 is 0. The van der Waals surface area contributed by atoms with E-state index in [2.05, 4.69) is 4.99 Å². The van der Waals surface area contributed by atoms with Gasteiger partial charge in [0.05, 0.1) is 10.9 Å². The summed E-state index contributed by atoms with van der Waals surface area (Å²) in [7, 11) is 3.09. The zero-order valence-corrected chi connectivity index (χ0v) is 9.74. The molecule has 0 atom stereocenters. The summed E-state index contributed by atoms with van der Waals surface area (Å²) in [6, 6.07) is 0. The van der Waals surface area contributed by atoms with Crippen LogP contribution in [-0.2, 0) is 14.1 Å². The highest BCUT2D eigenvalue weighted by Gasteiger charge is 2.11. The number of rotatable bonds is 0. The van der Waals surface area contributed by atoms with Crippen molar-refractivity contribution in [3.8, 4) is 0 Å². The smallest absolute Gasteiger partial charge is 0.280 e. The van der Waals surface area contributed by atoms with Crippen LogP contribution in [0.1, 0.15) is 13.8 Å². The second kappa shape index (κ2) is 3.30. The van der Waals surface area contributed by atoms with E-state index in [1.54, 1.807) is 13.1 Å². The maximum absolute atomic E-state index is 11.8. The minimum Gasteiger partial charge on any atom is -0.280 e. The van der Waals surface area contributed by atoms with Crippen LogP contribution in [0, 0.1) is 0 Å². The molecule has 0 N–H and O–H groups in total. The summed E-state index contributed by atoms with van der Waals surface area (Å²) < 4.78 is 2.49. The molecule has 2 heterocycles. The molecular formula is C11H13N3O2. The molecule has 0 spiro atoms. The third-order valence-electron chi connectivity index (χ3n) is 2.69. The number of nitrogens with zero attached hydrogens (tertiary/aromatic N) is 3. The lowest BCUT2D eigenvalue weighted by atomic mass is 10.2. The van der Waals surface area contributed by atoms with Gasteiger partial charge in [-0.15, -0.1) is 0 Å². The first kappa shape index (κ1) is 10.6. The molecule has 0 aliphatic carbocycles. The number of fused-ring (bicyclic) bond motifs is 1. The predicted octanol–water partition coefficient (Wildman–Crippen LogP) is -1.21. The predicted molar refractivity (Wildman–Crippen MR) is 60.5 cm³/mol. The van der Waals surface area contributed by atoms with Gasteiger partial charge < -0.3 is 0 Å². The van der Waals surface area contributed by atoms with E-state index in [9.17, 15) is 9.59 Å². The lowest BCUT2D eigenvalue weighted by Gasteiger charge is -1.99. The third-order valence-corrected chi connectivity index (χ3v) is 2.69. The lowest BCUT2D eigenvalue weighted by molar-refractivity contribution is 0.650. The number of hydrogen-bond acceptors (Lipinski definition) is 3. The molecule has 0 aromatic carbocycles. The zero-order valence-electron chi connectivity index (χ0n) is 9.74. The number of aromatic nitrogens is 2. The van der Waals surface area contributed by atoms with Crippen LogP contribution in [0.3, 0.4) is 0 Å². The van der Waals surface area contributed by atoms with E-state index in [-0.39, 0.29) is 11.2 Å². The van der Waals surface area contributed by atoms with Crippen molar-refractivity contribution in [1.82, 2.24) is 9.13 Å². The average molecular weight is 219 g/mol. The van der Waals surface area contributed by atoms with Crippen molar-refractivity contribution in [3.63, 3.8) is 0 Å². The van der Waals surface area contributed by atoms with Crippen molar-refractivity contribution in [2.45, 2.75) is 13.8 Å². The van der Waals surface area contributed by atoms with Crippen molar-refractivity contribution in [2.75, 3.05) is 0 Å². The van der Waals surface area contributed by atoms with Gasteiger partial charge in [-0.2, -0.15) is 0 Å². The number of allylic oxidation sites excluding steroid dienone is 2. The van der Waals surface area contributed by atoms with Gasteiger partial charge in [-0.25, -0.2) is 9.79 Å². The molecular weight excluding hydrogens is 206 g/mol. The highest BCUT2D eigenvalue weighted by atomic mass is 16.2. The van der Waals surface area contributed by atoms with Crippen molar-refractivity contribution < 1.29 is 0 Å². The van der Waals surface area contributed by atoms with Gasteiger partial charge >= 0.3 is 5.69 Å². The first-order valence-corrected chi connectivity index (χ1v) is 4.97. The number of hydrogen-bond donors (Lipinski definition) is 0. The largest absolute Gasteiger partial charge is 0.332 e. The summed E-state index contributed by atoms with van der Waals surface area (Å²) in [5, 5.41) is 0.487. The highest BCUT2D eigenvalue weighted by Crippen LogP contribution is 2.06. The monoisotopic (exact) mass is 219 g/mol. The molecule has 5 heteroatoms. The Morgan fingerprint density at radius 2 is 1.81 bits per heavy atom. The molecule has 5 nitrogen and oxygen atoms in total. The van der Waals surface area contributed by atoms with Crippen LogP contribution in [-0.4, -0.2) is 9.13 Å². The molecule has 1 aromatic rings. The van der Waals surface area contributed by atoms with E-state index in [1.807, 2.05) is 13.8 Å². The van der Waals surface area contributed by atoms with Gasteiger partial charge in [-0.05, 0) is 19.9 Å². The summed E-state index contributed by atoms with van der Waals surface area (Å²) in [4.78, 5) is 27.8. The topological polar surface area (TPSA) is 56.4 Å². The molecule has 2 rings (SSSR count). The van der Waals surface area contributed by atoms with Gasteiger partial charge in [0.2, 0.25) is 0 Å². The van der Waals surface area contributed by atoms with Crippen LogP contribution in [0.15, 0.2) is 25.9 Å². The lowest BCUT2D eigenvalue weighted by Crippen LogP contribution is -2.55. The Morgan fingerprint density at radius 3 is 2.38 bits per heavy atom. The van der Waals surface area contributed by atoms with E-state index in [0.717, 1.165) is 15.8 Å². The van der Waals surface area contributed by atoms with E-state index >= 15 is 0 Å². The molecule has 1 aliphatic heterocycles. The average Bonchev–Trinajstić information content (AvgIpc) is 2.68. The summed E-state index contributed by atoms with van der Waals surface area (Å²) in [5.74, 6) is 0. The molecule has 1 aromatic heterocycles. The Balaban J connectivity index is 3.11. The fourth-order valence-electron chi connectivity index (χ4n) is 1.66.